The van der Waals surface area contributed by atoms with Crippen LogP contribution in [0, 0.1) is 0 Å². The maximum atomic E-state index is 12.6. The number of carbonyl (C=O) groups excluding carboxylic acids is 3. The number of thioether (sulfide) groups is 1. The van der Waals surface area contributed by atoms with Crippen LogP contribution < -0.4 is 0 Å². The summed E-state index contributed by atoms with van der Waals surface area (Å²) in [7, 11) is 0. The summed E-state index contributed by atoms with van der Waals surface area (Å²) >= 11 is 1.23. The number of fused-ring (bicyclic) bond motifs is 2. The SMILES string of the molecule is O=C1c2ccccc2C(=O)N1CN1C(=O)CS/C1=N\N=C\c1cccc2ccccc12. The monoisotopic (exact) mass is 428 g/mol. The maximum Gasteiger partial charge on any atom is 0.263 e. The van der Waals surface area contributed by atoms with Gasteiger partial charge in [-0.05, 0) is 22.9 Å². The predicted octanol–water partition coefficient (Wildman–Crippen LogP) is 3.36. The fourth-order valence-electron chi connectivity index (χ4n) is 3.62. The molecule has 5 rings (SSSR count). The third kappa shape index (κ3) is 3.40. The van der Waals surface area contributed by atoms with Crippen LogP contribution in [-0.2, 0) is 4.79 Å². The normalized spacial score (nSPS) is 17.5. The topological polar surface area (TPSA) is 82.4 Å². The summed E-state index contributed by atoms with van der Waals surface area (Å²) in [5.41, 5.74) is 1.60. The van der Waals surface area contributed by atoms with Crippen molar-refractivity contribution >= 4 is 51.6 Å². The molecule has 1 fully saturated rings. The Kier molecular flexibility index (Phi) is 4.83. The summed E-state index contributed by atoms with van der Waals surface area (Å²) in [4.78, 5) is 40.0. The molecule has 0 atom stereocenters. The molecule has 0 unspecified atom stereocenters. The molecule has 3 aromatic rings. The summed E-state index contributed by atoms with van der Waals surface area (Å²) in [6.07, 6.45) is 1.64. The van der Waals surface area contributed by atoms with Gasteiger partial charge in [0, 0.05) is 5.56 Å². The van der Waals surface area contributed by atoms with Crippen LogP contribution in [0.1, 0.15) is 26.3 Å². The standard InChI is InChI=1S/C23H16N4O3S/c28-20-13-31-23(25-24-12-16-8-5-7-15-6-1-2-9-17(15)16)26(20)14-27-21(29)18-10-3-4-11-19(18)22(27)30/h1-12H,13-14H2/b24-12+,25-23-. The lowest BCUT2D eigenvalue weighted by Crippen LogP contribution is -2.43. The molecule has 0 N–H and O–H groups in total. The fraction of sp³-hybridized carbons (Fsp3) is 0.0870. The van der Waals surface area contributed by atoms with E-state index in [-0.39, 0.29) is 18.3 Å². The van der Waals surface area contributed by atoms with Crippen LogP contribution in [0.5, 0.6) is 0 Å². The molecule has 0 aromatic heterocycles. The molecule has 2 aliphatic heterocycles. The van der Waals surface area contributed by atoms with Crippen molar-refractivity contribution in [1.29, 1.82) is 0 Å². The minimum Gasteiger partial charge on any atom is -0.273 e. The highest BCUT2D eigenvalue weighted by Gasteiger charge is 2.39. The number of hydrogen-bond acceptors (Lipinski definition) is 6. The van der Waals surface area contributed by atoms with Crippen LogP contribution >= 0.6 is 11.8 Å². The smallest absolute Gasteiger partial charge is 0.263 e. The number of nitrogens with zero attached hydrogens (tertiary/aromatic N) is 4. The average Bonchev–Trinajstić information content (AvgIpc) is 3.26. The highest BCUT2D eigenvalue weighted by Crippen LogP contribution is 2.26. The van der Waals surface area contributed by atoms with Gasteiger partial charge in [0.15, 0.2) is 5.17 Å². The molecule has 31 heavy (non-hydrogen) atoms. The summed E-state index contributed by atoms with van der Waals surface area (Å²) in [5.74, 6) is -0.861. The predicted molar refractivity (Wildman–Crippen MR) is 120 cm³/mol. The summed E-state index contributed by atoms with van der Waals surface area (Å²) in [6, 6.07) is 20.5. The molecule has 8 heteroatoms. The van der Waals surface area contributed by atoms with E-state index >= 15 is 0 Å². The number of benzene rings is 3. The van der Waals surface area contributed by atoms with E-state index < -0.39 is 11.8 Å². The number of amides is 3. The van der Waals surface area contributed by atoms with E-state index in [1.165, 1.54) is 16.7 Å². The number of rotatable bonds is 4. The zero-order chi connectivity index (χ0) is 21.4. The highest BCUT2D eigenvalue weighted by atomic mass is 32.2. The number of carbonyl (C=O) groups is 3. The lowest BCUT2D eigenvalue weighted by molar-refractivity contribution is -0.124. The Morgan fingerprint density at radius 3 is 2.29 bits per heavy atom. The van der Waals surface area contributed by atoms with E-state index in [4.69, 9.17) is 0 Å². The Morgan fingerprint density at radius 2 is 1.52 bits per heavy atom. The van der Waals surface area contributed by atoms with Gasteiger partial charge in [-0.2, -0.15) is 5.10 Å². The van der Waals surface area contributed by atoms with Crippen molar-refractivity contribution in [2.75, 3.05) is 12.4 Å². The fourth-order valence-corrected chi connectivity index (χ4v) is 4.45. The molecule has 1 saturated heterocycles. The minimum atomic E-state index is -0.413. The Bertz CT molecular complexity index is 1260. The van der Waals surface area contributed by atoms with Crippen molar-refractivity contribution < 1.29 is 14.4 Å². The minimum absolute atomic E-state index is 0.180. The molecule has 0 spiro atoms. The Morgan fingerprint density at radius 1 is 0.839 bits per heavy atom. The number of hydrogen-bond donors (Lipinski definition) is 0. The van der Waals surface area contributed by atoms with E-state index in [9.17, 15) is 14.4 Å². The van der Waals surface area contributed by atoms with Crippen LogP contribution in [0.4, 0.5) is 0 Å². The first-order chi connectivity index (χ1) is 15.1. The summed E-state index contributed by atoms with van der Waals surface area (Å²) < 4.78 is 0. The summed E-state index contributed by atoms with van der Waals surface area (Å²) in [5, 5.41) is 10.9. The third-order valence-electron chi connectivity index (χ3n) is 5.18. The van der Waals surface area contributed by atoms with Crippen molar-refractivity contribution in [2.24, 2.45) is 10.2 Å². The van der Waals surface area contributed by atoms with Crippen LogP contribution in [0.15, 0.2) is 76.9 Å². The Labute approximate surface area is 182 Å². The van der Waals surface area contributed by atoms with Crippen molar-refractivity contribution in [1.82, 2.24) is 9.80 Å². The largest absolute Gasteiger partial charge is 0.273 e. The second kappa shape index (κ2) is 7.81. The van der Waals surface area contributed by atoms with Crippen LogP contribution in [0.2, 0.25) is 0 Å². The Balaban J connectivity index is 1.38. The van der Waals surface area contributed by atoms with Crippen LogP contribution in [0.3, 0.4) is 0 Å². The van der Waals surface area contributed by atoms with E-state index in [2.05, 4.69) is 10.2 Å². The zero-order valence-corrected chi connectivity index (χ0v) is 17.1. The molecule has 3 amide bonds. The van der Waals surface area contributed by atoms with Crippen LogP contribution in [0.25, 0.3) is 10.8 Å². The second-order valence-electron chi connectivity index (χ2n) is 7.03. The van der Waals surface area contributed by atoms with Gasteiger partial charge in [-0.25, -0.2) is 0 Å². The molecule has 0 saturated carbocycles. The molecule has 0 aliphatic carbocycles. The quantitative estimate of drug-likeness (QED) is 0.362. The summed E-state index contributed by atoms with van der Waals surface area (Å²) in [6.45, 7) is -0.180. The van der Waals surface area contributed by atoms with E-state index in [1.54, 1.807) is 30.5 Å². The van der Waals surface area contributed by atoms with Crippen molar-refractivity contribution in [3.63, 3.8) is 0 Å². The molecule has 2 heterocycles. The van der Waals surface area contributed by atoms with Gasteiger partial charge in [0.2, 0.25) is 5.91 Å². The molecule has 3 aromatic carbocycles. The molecule has 0 bridgehead atoms. The Hall–Kier alpha value is -3.78. The second-order valence-corrected chi connectivity index (χ2v) is 7.97. The zero-order valence-electron chi connectivity index (χ0n) is 16.3. The van der Waals surface area contributed by atoms with E-state index in [1.807, 2.05) is 42.5 Å². The first kappa shape index (κ1) is 19.2. The lowest BCUT2D eigenvalue weighted by atomic mass is 10.1. The van der Waals surface area contributed by atoms with Gasteiger partial charge < -0.3 is 0 Å². The number of amidine groups is 1. The van der Waals surface area contributed by atoms with Crippen molar-refractivity contribution in [2.45, 2.75) is 0 Å². The van der Waals surface area contributed by atoms with Crippen molar-refractivity contribution in [3.05, 3.63) is 83.4 Å². The van der Waals surface area contributed by atoms with Gasteiger partial charge in [-0.3, -0.25) is 24.2 Å². The molecular formula is C23H16N4O3S. The number of imide groups is 1. The van der Waals surface area contributed by atoms with E-state index in [0.29, 0.717) is 16.3 Å². The van der Waals surface area contributed by atoms with Gasteiger partial charge in [-0.1, -0.05) is 66.4 Å². The van der Waals surface area contributed by atoms with Crippen molar-refractivity contribution in [3.8, 4) is 0 Å². The maximum absolute atomic E-state index is 12.6. The molecule has 0 radical (unpaired) electrons. The first-order valence-electron chi connectivity index (χ1n) is 9.60. The lowest BCUT2D eigenvalue weighted by Gasteiger charge is -2.21. The first-order valence-corrected chi connectivity index (χ1v) is 10.6. The molecule has 7 nitrogen and oxygen atoms in total. The van der Waals surface area contributed by atoms with Gasteiger partial charge in [0.25, 0.3) is 11.8 Å². The molecule has 152 valence electrons. The van der Waals surface area contributed by atoms with E-state index in [0.717, 1.165) is 21.2 Å². The van der Waals surface area contributed by atoms with Gasteiger partial charge in [0.05, 0.1) is 23.1 Å². The van der Waals surface area contributed by atoms with Gasteiger partial charge in [0.1, 0.15) is 6.67 Å². The van der Waals surface area contributed by atoms with Gasteiger partial charge in [-0.15, -0.1) is 5.10 Å². The van der Waals surface area contributed by atoms with Gasteiger partial charge >= 0.3 is 0 Å². The molecular weight excluding hydrogens is 412 g/mol. The van der Waals surface area contributed by atoms with Crippen LogP contribution in [-0.4, -0.2) is 51.3 Å². The molecule has 2 aliphatic rings. The highest BCUT2D eigenvalue weighted by molar-refractivity contribution is 8.15. The third-order valence-corrected chi connectivity index (χ3v) is 6.13. The average molecular weight is 428 g/mol.